The second-order valence-corrected chi connectivity index (χ2v) is 8.15. The van der Waals surface area contributed by atoms with E-state index < -0.39 is 35.2 Å². The zero-order valence-electron chi connectivity index (χ0n) is 18.7. The van der Waals surface area contributed by atoms with Gasteiger partial charge in [-0.1, -0.05) is 48.5 Å². The number of halogens is 3. The Balaban J connectivity index is 1.80. The molecule has 2 aromatic carbocycles. The number of carbonyl (C=O) groups excluding carboxylic acids is 1. The molecule has 5 rings (SSSR count). The Hall–Kier alpha value is -4.41. The Morgan fingerprint density at radius 2 is 1.78 bits per heavy atom. The number of carbonyl (C=O) groups is 1. The number of nitrogens with zero attached hydrogens (tertiary/aromatic N) is 3. The van der Waals surface area contributed by atoms with Gasteiger partial charge in [0.05, 0.1) is 0 Å². The zero-order valence-corrected chi connectivity index (χ0v) is 18.7. The third kappa shape index (κ3) is 4.23. The molecule has 0 radical (unpaired) electrons. The summed E-state index contributed by atoms with van der Waals surface area (Å²) in [4.78, 5) is 26.8. The lowest BCUT2D eigenvalue weighted by Crippen LogP contribution is -2.55. The van der Waals surface area contributed by atoms with Crippen LogP contribution in [0.15, 0.2) is 77.7 Å². The molecule has 0 aliphatic carbocycles. The molecule has 0 spiro atoms. The first-order chi connectivity index (χ1) is 17.2. The van der Waals surface area contributed by atoms with E-state index in [1.54, 1.807) is 53.6 Å². The molecule has 2 aliphatic rings. The molecule has 2 bridgehead atoms. The molecule has 0 saturated heterocycles. The molecule has 1 atom stereocenters. The zero-order chi connectivity index (χ0) is 25.4. The van der Waals surface area contributed by atoms with Gasteiger partial charge in [0.1, 0.15) is 19.3 Å². The highest BCUT2D eigenvalue weighted by atomic mass is 19.4. The molecule has 8 nitrogen and oxygen atoms in total. The lowest BCUT2D eigenvalue weighted by molar-refractivity contribution is -0.275. The normalized spacial score (nSPS) is 18.4. The Morgan fingerprint density at radius 3 is 2.53 bits per heavy atom. The van der Waals surface area contributed by atoms with Crippen molar-refractivity contribution >= 4 is 5.91 Å². The van der Waals surface area contributed by atoms with E-state index in [4.69, 9.17) is 4.74 Å². The standard InChI is InChI=1S/C25H20F3N3O5/c26-25(27,28)36-19-10-6-9-17-20(16-7-2-1-3-8-16)31-15-29(12-4-5-14-35-23(17)19)24(34)21-22(33)18(32)11-13-30(21)31/h1-11,13,20,33H,12,14-15H2/b5-4-/t20-/m0/s1. The number of fused-ring (bicyclic) bond motifs is 5. The van der Waals surface area contributed by atoms with Crippen molar-refractivity contribution in [1.29, 1.82) is 0 Å². The van der Waals surface area contributed by atoms with E-state index in [2.05, 4.69) is 4.74 Å². The summed E-state index contributed by atoms with van der Waals surface area (Å²) in [5.74, 6) is -1.91. The maximum Gasteiger partial charge on any atom is 0.573 e. The van der Waals surface area contributed by atoms with Crippen molar-refractivity contribution in [3.8, 4) is 17.2 Å². The van der Waals surface area contributed by atoms with Crippen LogP contribution in [-0.4, -0.2) is 46.8 Å². The number of pyridine rings is 1. The SMILES string of the molecule is O=C1c2c(O)c(=O)ccn2N2CN1C/C=C\COc1c(OC(F)(F)F)cccc1[C@@H]2c1ccccc1. The number of aromatic hydroxyl groups is 1. The van der Waals surface area contributed by atoms with Gasteiger partial charge in [0.2, 0.25) is 5.43 Å². The van der Waals surface area contributed by atoms with Gasteiger partial charge in [0.15, 0.2) is 22.9 Å². The third-order valence-corrected chi connectivity index (χ3v) is 5.90. The summed E-state index contributed by atoms with van der Waals surface area (Å²) >= 11 is 0. The molecular formula is C25H20F3N3O5. The Labute approximate surface area is 203 Å². The van der Waals surface area contributed by atoms with Crippen LogP contribution in [0.25, 0.3) is 0 Å². The summed E-state index contributed by atoms with van der Waals surface area (Å²) < 4.78 is 51.2. The van der Waals surface area contributed by atoms with E-state index >= 15 is 0 Å². The van der Waals surface area contributed by atoms with Crippen molar-refractivity contribution in [2.24, 2.45) is 0 Å². The van der Waals surface area contributed by atoms with Crippen LogP contribution in [0.1, 0.15) is 27.7 Å². The van der Waals surface area contributed by atoms with Crippen molar-refractivity contribution in [3.05, 3.63) is 100.0 Å². The minimum atomic E-state index is -4.95. The third-order valence-electron chi connectivity index (χ3n) is 5.90. The van der Waals surface area contributed by atoms with E-state index in [0.29, 0.717) is 11.1 Å². The predicted molar refractivity (Wildman–Crippen MR) is 123 cm³/mol. The first-order valence-electron chi connectivity index (χ1n) is 11.0. The molecule has 0 unspecified atom stereocenters. The molecule has 1 N–H and O–H groups in total. The molecule has 1 amide bonds. The lowest BCUT2D eigenvalue weighted by Gasteiger charge is -2.43. The average Bonchev–Trinajstić information content (AvgIpc) is 2.87. The van der Waals surface area contributed by atoms with Crippen LogP contribution in [0.4, 0.5) is 13.2 Å². The molecule has 1 aromatic heterocycles. The van der Waals surface area contributed by atoms with Gasteiger partial charge in [0.25, 0.3) is 5.91 Å². The monoisotopic (exact) mass is 499 g/mol. The van der Waals surface area contributed by atoms with Gasteiger partial charge in [-0.25, -0.2) is 0 Å². The summed E-state index contributed by atoms with van der Waals surface area (Å²) in [6.07, 6.45) is -0.399. The summed E-state index contributed by atoms with van der Waals surface area (Å²) in [6, 6.07) is 13.4. The first-order valence-corrected chi connectivity index (χ1v) is 11.0. The van der Waals surface area contributed by atoms with E-state index in [9.17, 15) is 27.9 Å². The molecule has 11 heteroatoms. The highest BCUT2D eigenvalue weighted by Crippen LogP contribution is 2.42. The van der Waals surface area contributed by atoms with Gasteiger partial charge in [-0.3, -0.25) is 19.3 Å². The fourth-order valence-corrected chi connectivity index (χ4v) is 4.39. The molecule has 0 saturated carbocycles. The topological polar surface area (TPSA) is 84.2 Å². The number of rotatable bonds is 2. The number of alkyl halides is 3. The molecule has 0 fully saturated rings. The van der Waals surface area contributed by atoms with Crippen LogP contribution in [0.3, 0.4) is 0 Å². The van der Waals surface area contributed by atoms with Crippen LogP contribution < -0.4 is 19.9 Å². The van der Waals surface area contributed by atoms with Crippen molar-refractivity contribution in [1.82, 2.24) is 9.58 Å². The lowest BCUT2D eigenvalue weighted by atomic mass is 9.96. The van der Waals surface area contributed by atoms with Crippen LogP contribution in [0.2, 0.25) is 0 Å². The molecule has 3 heterocycles. The Morgan fingerprint density at radius 1 is 1.00 bits per heavy atom. The highest BCUT2D eigenvalue weighted by Gasteiger charge is 2.39. The fraction of sp³-hybridized carbons (Fsp3) is 0.200. The number of aromatic nitrogens is 1. The van der Waals surface area contributed by atoms with E-state index in [1.807, 2.05) is 0 Å². The quantitative estimate of drug-likeness (QED) is 0.543. The predicted octanol–water partition coefficient (Wildman–Crippen LogP) is 3.54. The number of benzene rings is 2. The number of amides is 1. The van der Waals surface area contributed by atoms with E-state index in [1.165, 1.54) is 27.9 Å². The Kier molecular flexibility index (Phi) is 5.83. The van der Waals surface area contributed by atoms with Gasteiger partial charge in [-0.15, -0.1) is 13.2 Å². The minimum Gasteiger partial charge on any atom is -0.502 e. The minimum absolute atomic E-state index is 0.00183. The van der Waals surface area contributed by atoms with Gasteiger partial charge in [-0.05, 0) is 17.7 Å². The van der Waals surface area contributed by atoms with Crippen molar-refractivity contribution < 1.29 is 32.5 Å². The van der Waals surface area contributed by atoms with Crippen LogP contribution in [0.5, 0.6) is 17.2 Å². The van der Waals surface area contributed by atoms with Gasteiger partial charge >= 0.3 is 6.36 Å². The summed E-state index contributed by atoms with van der Waals surface area (Å²) in [5.41, 5.74) is 0.0263. The van der Waals surface area contributed by atoms with Crippen LogP contribution in [-0.2, 0) is 0 Å². The summed E-state index contributed by atoms with van der Waals surface area (Å²) in [6.45, 7) is 0.0393. The maximum atomic E-state index is 13.2. The molecular weight excluding hydrogens is 479 g/mol. The Bertz CT molecular complexity index is 1390. The van der Waals surface area contributed by atoms with E-state index in [0.717, 1.165) is 6.07 Å². The fourth-order valence-electron chi connectivity index (χ4n) is 4.39. The smallest absolute Gasteiger partial charge is 0.502 e. The second kappa shape index (κ2) is 8.99. The second-order valence-electron chi connectivity index (χ2n) is 8.15. The van der Waals surface area contributed by atoms with Crippen molar-refractivity contribution in [2.45, 2.75) is 12.4 Å². The molecule has 186 valence electrons. The van der Waals surface area contributed by atoms with Crippen LogP contribution >= 0.6 is 0 Å². The summed E-state index contributed by atoms with van der Waals surface area (Å²) in [7, 11) is 0. The van der Waals surface area contributed by atoms with Crippen molar-refractivity contribution in [3.63, 3.8) is 0 Å². The highest BCUT2D eigenvalue weighted by molar-refractivity contribution is 5.96. The van der Waals surface area contributed by atoms with E-state index in [-0.39, 0.29) is 31.3 Å². The summed E-state index contributed by atoms with van der Waals surface area (Å²) in [5, 5.41) is 12.2. The first kappa shape index (κ1) is 23.3. The molecule has 36 heavy (non-hydrogen) atoms. The van der Waals surface area contributed by atoms with Gasteiger partial charge < -0.3 is 19.5 Å². The largest absolute Gasteiger partial charge is 0.573 e. The number of para-hydroxylation sites is 1. The number of hydrogen-bond acceptors (Lipinski definition) is 6. The number of hydrogen-bond donors (Lipinski definition) is 1. The molecule has 3 aromatic rings. The van der Waals surface area contributed by atoms with Crippen molar-refractivity contribution in [2.75, 3.05) is 24.8 Å². The molecule has 2 aliphatic heterocycles. The van der Waals surface area contributed by atoms with Crippen LogP contribution in [0, 0.1) is 0 Å². The van der Waals surface area contributed by atoms with Gasteiger partial charge in [-0.2, -0.15) is 0 Å². The van der Waals surface area contributed by atoms with Gasteiger partial charge in [0, 0.05) is 24.4 Å². The number of ether oxygens (including phenoxy) is 2. The maximum absolute atomic E-state index is 13.2. The average molecular weight is 499 g/mol.